The van der Waals surface area contributed by atoms with Crippen LogP contribution in [0.4, 0.5) is 5.69 Å². The van der Waals surface area contributed by atoms with Crippen molar-refractivity contribution < 1.29 is 14.3 Å². The molecule has 0 fully saturated rings. The number of carbonyl (C=O) groups excluding carboxylic acids is 2. The SMILES string of the molecule is COc1cc2[nH]c(=O)c(C(=O)Nc3cc(C(=O)NCc4ccsc4)ccc3C)cc2cn1. The second-order valence-electron chi connectivity index (χ2n) is 7.12. The fraction of sp³-hybridized carbons (Fsp3) is 0.130. The van der Waals surface area contributed by atoms with Gasteiger partial charge in [0, 0.05) is 35.4 Å². The largest absolute Gasteiger partial charge is 0.481 e. The highest BCUT2D eigenvalue weighted by Crippen LogP contribution is 2.19. The van der Waals surface area contributed by atoms with Crippen LogP contribution in [0.1, 0.15) is 31.8 Å². The van der Waals surface area contributed by atoms with E-state index in [9.17, 15) is 14.4 Å². The third-order valence-electron chi connectivity index (χ3n) is 4.94. The molecule has 32 heavy (non-hydrogen) atoms. The van der Waals surface area contributed by atoms with Crippen molar-refractivity contribution in [1.82, 2.24) is 15.3 Å². The van der Waals surface area contributed by atoms with Crippen molar-refractivity contribution in [3.8, 4) is 5.88 Å². The molecule has 0 bridgehead atoms. The smallest absolute Gasteiger partial charge is 0.261 e. The van der Waals surface area contributed by atoms with E-state index in [4.69, 9.17) is 4.74 Å². The van der Waals surface area contributed by atoms with E-state index in [0.717, 1.165) is 11.1 Å². The molecule has 1 aromatic carbocycles. The topological polar surface area (TPSA) is 113 Å². The van der Waals surface area contributed by atoms with Gasteiger partial charge in [-0.15, -0.1) is 0 Å². The van der Waals surface area contributed by atoms with Crippen LogP contribution in [-0.4, -0.2) is 28.9 Å². The molecule has 8 nitrogen and oxygen atoms in total. The fourth-order valence-electron chi connectivity index (χ4n) is 3.13. The summed E-state index contributed by atoms with van der Waals surface area (Å²) < 4.78 is 5.06. The van der Waals surface area contributed by atoms with E-state index >= 15 is 0 Å². The van der Waals surface area contributed by atoms with Crippen molar-refractivity contribution in [3.05, 3.63) is 86.0 Å². The Hall–Kier alpha value is -3.98. The summed E-state index contributed by atoms with van der Waals surface area (Å²) in [6, 6.07) is 10.0. The van der Waals surface area contributed by atoms with Gasteiger partial charge in [-0.25, -0.2) is 4.98 Å². The van der Waals surface area contributed by atoms with Crippen LogP contribution in [0.15, 0.2) is 58.1 Å². The van der Waals surface area contributed by atoms with Crippen LogP contribution in [0, 0.1) is 6.92 Å². The minimum atomic E-state index is -0.581. The van der Waals surface area contributed by atoms with E-state index in [0.29, 0.717) is 34.6 Å². The predicted molar refractivity (Wildman–Crippen MR) is 124 cm³/mol. The van der Waals surface area contributed by atoms with Crippen LogP contribution in [0.2, 0.25) is 0 Å². The highest BCUT2D eigenvalue weighted by molar-refractivity contribution is 7.07. The second kappa shape index (κ2) is 9.03. The number of anilines is 1. The van der Waals surface area contributed by atoms with E-state index in [1.807, 2.05) is 23.8 Å². The van der Waals surface area contributed by atoms with E-state index in [-0.39, 0.29) is 11.5 Å². The average Bonchev–Trinajstić information content (AvgIpc) is 3.31. The normalized spacial score (nSPS) is 10.7. The predicted octanol–water partition coefficient (Wildman–Crippen LogP) is 3.48. The number of aryl methyl sites for hydroxylation is 1. The van der Waals surface area contributed by atoms with Gasteiger partial charge in [-0.05, 0) is 53.1 Å². The van der Waals surface area contributed by atoms with Crippen molar-refractivity contribution >= 4 is 39.7 Å². The minimum absolute atomic E-state index is 0.0591. The Kier molecular flexibility index (Phi) is 6.00. The zero-order chi connectivity index (χ0) is 22.7. The molecule has 3 N–H and O–H groups in total. The quantitative estimate of drug-likeness (QED) is 0.418. The zero-order valence-corrected chi connectivity index (χ0v) is 18.2. The number of methoxy groups -OCH3 is 1. The Balaban J connectivity index is 1.55. The van der Waals surface area contributed by atoms with Gasteiger partial charge in [0.2, 0.25) is 5.88 Å². The molecule has 4 aromatic rings. The van der Waals surface area contributed by atoms with Crippen LogP contribution in [0.3, 0.4) is 0 Å². The Morgan fingerprint density at radius 1 is 1.16 bits per heavy atom. The number of nitrogens with zero attached hydrogens (tertiary/aromatic N) is 1. The average molecular weight is 449 g/mol. The summed E-state index contributed by atoms with van der Waals surface area (Å²) in [5.41, 5.74) is 2.55. The van der Waals surface area contributed by atoms with Crippen LogP contribution >= 0.6 is 11.3 Å². The Bertz CT molecular complexity index is 1360. The lowest BCUT2D eigenvalue weighted by Gasteiger charge is -2.11. The number of fused-ring (bicyclic) bond motifs is 1. The third-order valence-corrected chi connectivity index (χ3v) is 5.67. The molecule has 4 rings (SSSR count). The Morgan fingerprint density at radius 2 is 2.00 bits per heavy atom. The molecule has 162 valence electrons. The van der Waals surface area contributed by atoms with Gasteiger partial charge < -0.3 is 20.4 Å². The fourth-order valence-corrected chi connectivity index (χ4v) is 3.79. The van der Waals surface area contributed by atoms with Gasteiger partial charge in [-0.3, -0.25) is 14.4 Å². The number of aromatic nitrogens is 2. The number of H-pyrrole nitrogens is 1. The van der Waals surface area contributed by atoms with Crippen LogP contribution in [-0.2, 0) is 6.54 Å². The van der Waals surface area contributed by atoms with Gasteiger partial charge in [0.1, 0.15) is 5.56 Å². The molecule has 3 aromatic heterocycles. The number of nitrogens with one attached hydrogen (secondary N) is 3. The highest BCUT2D eigenvalue weighted by atomic mass is 32.1. The minimum Gasteiger partial charge on any atom is -0.481 e. The summed E-state index contributed by atoms with van der Waals surface area (Å²) in [6.45, 7) is 2.23. The number of amides is 2. The lowest BCUT2D eigenvalue weighted by molar-refractivity contribution is 0.0949. The van der Waals surface area contributed by atoms with Gasteiger partial charge in [-0.2, -0.15) is 11.3 Å². The first kappa shape index (κ1) is 21.3. The van der Waals surface area contributed by atoms with Gasteiger partial charge in [-0.1, -0.05) is 6.07 Å². The summed E-state index contributed by atoms with van der Waals surface area (Å²) in [4.78, 5) is 44.6. The van der Waals surface area contributed by atoms with Gasteiger partial charge in [0.25, 0.3) is 17.4 Å². The summed E-state index contributed by atoms with van der Waals surface area (Å²) in [6.07, 6.45) is 1.52. The lowest BCUT2D eigenvalue weighted by atomic mass is 10.1. The highest BCUT2D eigenvalue weighted by Gasteiger charge is 2.15. The van der Waals surface area contributed by atoms with Crippen LogP contribution in [0.5, 0.6) is 5.88 Å². The zero-order valence-electron chi connectivity index (χ0n) is 17.4. The number of ether oxygens (including phenoxy) is 1. The number of aromatic amines is 1. The number of hydrogen-bond acceptors (Lipinski definition) is 6. The number of thiophene rings is 1. The first-order chi connectivity index (χ1) is 15.4. The van der Waals surface area contributed by atoms with E-state index in [1.54, 1.807) is 35.6 Å². The summed E-state index contributed by atoms with van der Waals surface area (Å²) in [5.74, 6) is -0.478. The summed E-state index contributed by atoms with van der Waals surface area (Å²) in [5, 5.41) is 10.1. The van der Waals surface area contributed by atoms with E-state index in [2.05, 4.69) is 20.6 Å². The first-order valence-electron chi connectivity index (χ1n) is 9.73. The number of benzene rings is 1. The van der Waals surface area contributed by atoms with Crippen molar-refractivity contribution in [3.63, 3.8) is 0 Å². The van der Waals surface area contributed by atoms with Gasteiger partial charge in [0.15, 0.2) is 0 Å². The maximum Gasteiger partial charge on any atom is 0.261 e. The number of pyridine rings is 2. The molecule has 3 heterocycles. The monoisotopic (exact) mass is 448 g/mol. The number of carbonyl (C=O) groups is 2. The van der Waals surface area contributed by atoms with Crippen LogP contribution < -0.4 is 20.9 Å². The molecule has 0 aliphatic carbocycles. The van der Waals surface area contributed by atoms with Gasteiger partial charge >= 0.3 is 0 Å². The molecule has 0 aliphatic rings. The number of rotatable bonds is 6. The molecule has 2 amide bonds. The van der Waals surface area contributed by atoms with Crippen molar-refractivity contribution in [2.75, 3.05) is 12.4 Å². The van der Waals surface area contributed by atoms with Crippen molar-refractivity contribution in [1.29, 1.82) is 0 Å². The maximum absolute atomic E-state index is 12.8. The van der Waals surface area contributed by atoms with E-state index < -0.39 is 11.5 Å². The molecule has 0 saturated carbocycles. The molecule has 0 atom stereocenters. The summed E-state index contributed by atoms with van der Waals surface area (Å²) >= 11 is 1.56. The molecule has 0 radical (unpaired) electrons. The van der Waals surface area contributed by atoms with Gasteiger partial charge in [0.05, 0.1) is 12.6 Å². The van der Waals surface area contributed by atoms with Crippen molar-refractivity contribution in [2.45, 2.75) is 13.5 Å². The molecule has 9 heteroatoms. The standard InChI is InChI=1S/C23H20N4O4S/c1-13-3-4-15(21(28)25-10-14-5-6-32-12-14)8-18(13)26-22(29)17-7-16-11-24-20(31-2)9-19(16)27-23(17)30/h3-9,11-12H,10H2,1-2H3,(H,25,28)(H,26,29)(H,27,30). The Labute approximate surface area is 187 Å². The van der Waals surface area contributed by atoms with Crippen LogP contribution in [0.25, 0.3) is 10.9 Å². The molecular formula is C23H20N4O4S. The second-order valence-corrected chi connectivity index (χ2v) is 7.90. The maximum atomic E-state index is 12.8. The third kappa shape index (κ3) is 4.52. The molecule has 0 spiro atoms. The Morgan fingerprint density at radius 3 is 2.75 bits per heavy atom. The molecule has 0 aliphatic heterocycles. The first-order valence-corrected chi connectivity index (χ1v) is 10.7. The van der Waals surface area contributed by atoms with Crippen molar-refractivity contribution in [2.24, 2.45) is 0 Å². The number of hydrogen-bond donors (Lipinski definition) is 3. The summed E-state index contributed by atoms with van der Waals surface area (Å²) in [7, 11) is 1.48. The molecule has 0 saturated heterocycles. The van der Waals surface area contributed by atoms with E-state index in [1.165, 1.54) is 19.4 Å². The molecule has 0 unspecified atom stereocenters. The lowest BCUT2D eigenvalue weighted by Crippen LogP contribution is -2.24. The molecular weight excluding hydrogens is 428 g/mol.